The van der Waals surface area contributed by atoms with E-state index >= 15 is 0 Å². The van der Waals surface area contributed by atoms with Gasteiger partial charge in [-0.05, 0) is 12.3 Å². The van der Waals surface area contributed by atoms with E-state index in [4.69, 9.17) is 5.11 Å². The van der Waals surface area contributed by atoms with Crippen LogP contribution in [0, 0.1) is 5.92 Å². The van der Waals surface area contributed by atoms with Crippen LogP contribution in [0.4, 0.5) is 0 Å². The summed E-state index contributed by atoms with van der Waals surface area (Å²) in [6, 6.07) is 0. The number of rotatable bonds is 8. The maximum Gasteiger partial charge on any atom is 0.331 e. The SMILES string of the molecule is C=C(C(=O)O)C(C)CCC(=O)CC(=O)CC. The first-order valence-electron chi connectivity index (χ1n) is 5.34. The highest BCUT2D eigenvalue weighted by Crippen LogP contribution is 2.15. The van der Waals surface area contributed by atoms with Crippen molar-refractivity contribution >= 4 is 17.5 Å². The van der Waals surface area contributed by atoms with Gasteiger partial charge in [-0.1, -0.05) is 20.4 Å². The minimum absolute atomic E-state index is 0.0389. The van der Waals surface area contributed by atoms with Crippen molar-refractivity contribution in [3.63, 3.8) is 0 Å². The highest BCUT2D eigenvalue weighted by atomic mass is 16.4. The van der Waals surface area contributed by atoms with Gasteiger partial charge in [0, 0.05) is 18.4 Å². The molecule has 0 bridgehead atoms. The van der Waals surface area contributed by atoms with Gasteiger partial charge in [-0.25, -0.2) is 4.79 Å². The van der Waals surface area contributed by atoms with Gasteiger partial charge in [0.25, 0.3) is 0 Å². The average molecular weight is 226 g/mol. The molecule has 0 amide bonds. The lowest BCUT2D eigenvalue weighted by molar-refractivity contribution is -0.133. The highest BCUT2D eigenvalue weighted by molar-refractivity contribution is 5.98. The lowest BCUT2D eigenvalue weighted by Crippen LogP contribution is -2.12. The van der Waals surface area contributed by atoms with Gasteiger partial charge in [-0.3, -0.25) is 9.59 Å². The Hall–Kier alpha value is -1.45. The van der Waals surface area contributed by atoms with Crippen LogP contribution in [0.25, 0.3) is 0 Å². The molecule has 1 N–H and O–H groups in total. The van der Waals surface area contributed by atoms with E-state index in [1.54, 1.807) is 13.8 Å². The molecule has 90 valence electrons. The number of ketones is 2. The normalized spacial score (nSPS) is 11.9. The molecule has 0 heterocycles. The highest BCUT2D eigenvalue weighted by Gasteiger charge is 2.15. The Kier molecular flexibility index (Phi) is 6.30. The van der Waals surface area contributed by atoms with Crippen molar-refractivity contribution in [2.75, 3.05) is 0 Å². The number of aliphatic carboxylic acids is 1. The number of hydrogen-bond donors (Lipinski definition) is 1. The van der Waals surface area contributed by atoms with E-state index < -0.39 is 5.97 Å². The molecule has 0 rings (SSSR count). The van der Waals surface area contributed by atoms with Crippen LogP contribution in [0.2, 0.25) is 0 Å². The largest absolute Gasteiger partial charge is 0.478 e. The maximum absolute atomic E-state index is 11.3. The minimum atomic E-state index is -1.04. The van der Waals surface area contributed by atoms with Crippen molar-refractivity contribution in [2.24, 2.45) is 5.92 Å². The number of carboxylic acids is 1. The van der Waals surface area contributed by atoms with Crippen LogP contribution in [0.1, 0.15) is 39.5 Å². The number of carbonyl (C=O) groups excluding carboxylic acids is 2. The van der Waals surface area contributed by atoms with Crippen LogP contribution in [0.3, 0.4) is 0 Å². The fourth-order valence-electron chi connectivity index (χ4n) is 1.20. The Morgan fingerprint density at radius 2 is 1.81 bits per heavy atom. The van der Waals surface area contributed by atoms with Gasteiger partial charge in [0.05, 0.1) is 6.42 Å². The smallest absolute Gasteiger partial charge is 0.331 e. The third kappa shape index (κ3) is 5.44. The molecule has 16 heavy (non-hydrogen) atoms. The predicted molar refractivity (Wildman–Crippen MR) is 60.1 cm³/mol. The van der Waals surface area contributed by atoms with E-state index in [0.29, 0.717) is 12.8 Å². The van der Waals surface area contributed by atoms with Crippen LogP contribution in [-0.4, -0.2) is 22.6 Å². The Labute approximate surface area is 95.3 Å². The molecule has 0 aliphatic carbocycles. The number of hydrogen-bond acceptors (Lipinski definition) is 3. The molecule has 1 atom stereocenters. The van der Waals surface area contributed by atoms with Crippen LogP contribution >= 0.6 is 0 Å². The molecule has 0 aromatic heterocycles. The first kappa shape index (κ1) is 14.6. The zero-order valence-corrected chi connectivity index (χ0v) is 9.78. The summed E-state index contributed by atoms with van der Waals surface area (Å²) in [5.41, 5.74) is 0.106. The quantitative estimate of drug-likeness (QED) is 0.507. The molecule has 0 aromatic rings. The topological polar surface area (TPSA) is 71.4 Å². The third-order valence-corrected chi connectivity index (χ3v) is 2.51. The second-order valence-corrected chi connectivity index (χ2v) is 3.88. The van der Waals surface area contributed by atoms with Gasteiger partial charge >= 0.3 is 5.97 Å². The van der Waals surface area contributed by atoms with Crippen LogP contribution in [0.15, 0.2) is 12.2 Å². The summed E-state index contributed by atoms with van der Waals surface area (Å²) in [6.45, 7) is 6.86. The van der Waals surface area contributed by atoms with Crippen molar-refractivity contribution in [3.8, 4) is 0 Å². The first-order valence-corrected chi connectivity index (χ1v) is 5.34. The van der Waals surface area contributed by atoms with E-state index in [1.807, 2.05) is 0 Å². The fraction of sp³-hybridized carbons (Fsp3) is 0.583. The molecule has 0 saturated heterocycles. The van der Waals surface area contributed by atoms with Crippen molar-refractivity contribution < 1.29 is 19.5 Å². The maximum atomic E-state index is 11.3. The number of Topliss-reactive ketones (excluding diaryl/α,β-unsaturated/α-hetero) is 2. The average Bonchev–Trinajstić information content (AvgIpc) is 2.24. The second kappa shape index (κ2) is 6.93. The Morgan fingerprint density at radius 3 is 2.25 bits per heavy atom. The van der Waals surface area contributed by atoms with Crippen molar-refractivity contribution in [1.82, 2.24) is 0 Å². The van der Waals surface area contributed by atoms with E-state index in [0.717, 1.165) is 0 Å². The summed E-state index contributed by atoms with van der Waals surface area (Å²) in [4.78, 5) is 32.9. The van der Waals surface area contributed by atoms with Crippen molar-refractivity contribution in [1.29, 1.82) is 0 Å². The van der Waals surface area contributed by atoms with Gasteiger partial charge in [0.1, 0.15) is 11.6 Å². The molecular weight excluding hydrogens is 208 g/mol. The van der Waals surface area contributed by atoms with Crippen LogP contribution in [-0.2, 0) is 14.4 Å². The van der Waals surface area contributed by atoms with Gasteiger partial charge < -0.3 is 5.11 Å². The third-order valence-electron chi connectivity index (χ3n) is 2.51. The molecule has 0 fully saturated rings. The summed E-state index contributed by atoms with van der Waals surface area (Å²) >= 11 is 0. The summed E-state index contributed by atoms with van der Waals surface area (Å²) in [5.74, 6) is -1.48. The molecule has 0 aromatic carbocycles. The van der Waals surface area contributed by atoms with E-state index in [2.05, 4.69) is 6.58 Å². The molecule has 0 saturated carbocycles. The van der Waals surface area contributed by atoms with E-state index in [-0.39, 0.29) is 35.9 Å². The molecule has 0 aliphatic rings. The van der Waals surface area contributed by atoms with Crippen LogP contribution < -0.4 is 0 Å². The molecule has 4 nitrogen and oxygen atoms in total. The monoisotopic (exact) mass is 226 g/mol. The fourth-order valence-corrected chi connectivity index (χ4v) is 1.20. The van der Waals surface area contributed by atoms with E-state index in [1.165, 1.54) is 0 Å². The predicted octanol–water partition coefficient (Wildman–Crippen LogP) is 1.98. The van der Waals surface area contributed by atoms with Gasteiger partial charge in [-0.2, -0.15) is 0 Å². The Bertz CT molecular complexity index is 304. The molecule has 0 spiro atoms. The lowest BCUT2D eigenvalue weighted by Gasteiger charge is -2.09. The number of carboxylic acid groups (broad SMARTS) is 1. The molecule has 0 radical (unpaired) electrons. The molecular formula is C12H18O4. The van der Waals surface area contributed by atoms with Gasteiger partial charge in [-0.15, -0.1) is 0 Å². The lowest BCUT2D eigenvalue weighted by atomic mass is 9.95. The Balaban J connectivity index is 3.97. The van der Waals surface area contributed by atoms with E-state index in [9.17, 15) is 14.4 Å². The zero-order chi connectivity index (χ0) is 12.7. The van der Waals surface area contributed by atoms with Gasteiger partial charge in [0.2, 0.25) is 0 Å². The Morgan fingerprint density at radius 1 is 1.25 bits per heavy atom. The van der Waals surface area contributed by atoms with Crippen molar-refractivity contribution in [3.05, 3.63) is 12.2 Å². The number of carbonyl (C=O) groups is 3. The standard InChI is InChI=1S/C12H18O4/c1-4-10(13)7-11(14)6-5-8(2)9(3)12(15)16/h8H,3-7H2,1-2H3,(H,15,16). The molecule has 4 heteroatoms. The summed E-state index contributed by atoms with van der Waals surface area (Å²) < 4.78 is 0. The summed E-state index contributed by atoms with van der Waals surface area (Å²) in [5, 5.41) is 8.66. The summed E-state index contributed by atoms with van der Waals surface area (Å²) in [6.07, 6.45) is 0.992. The molecule has 1 unspecified atom stereocenters. The zero-order valence-electron chi connectivity index (χ0n) is 9.78. The van der Waals surface area contributed by atoms with Crippen molar-refractivity contribution in [2.45, 2.75) is 39.5 Å². The molecule has 0 aliphatic heterocycles. The van der Waals surface area contributed by atoms with Gasteiger partial charge in [0.15, 0.2) is 0 Å². The first-order chi connectivity index (χ1) is 7.38. The second-order valence-electron chi connectivity index (χ2n) is 3.88. The summed E-state index contributed by atoms with van der Waals surface area (Å²) in [7, 11) is 0. The van der Waals surface area contributed by atoms with Crippen LogP contribution in [0.5, 0.6) is 0 Å². The minimum Gasteiger partial charge on any atom is -0.478 e.